The van der Waals surface area contributed by atoms with Crippen molar-refractivity contribution >= 4 is 6.29 Å². The molecular weight excluding hydrogens is 276 g/mol. The van der Waals surface area contributed by atoms with Crippen LogP contribution in [0.2, 0.25) is 0 Å². The van der Waals surface area contributed by atoms with Crippen molar-refractivity contribution in [1.82, 2.24) is 0 Å². The average molecular weight is 306 g/mol. The first-order chi connectivity index (χ1) is 10.9. The Kier molecular flexibility index (Phi) is 11.5. The Morgan fingerprint density at radius 1 is 1.00 bits per heavy atom. The second-order valence-electron chi connectivity index (χ2n) is 5.85. The molecule has 0 fully saturated rings. The van der Waals surface area contributed by atoms with Crippen molar-refractivity contribution in [1.29, 1.82) is 0 Å². The van der Waals surface area contributed by atoms with Crippen LogP contribution in [-0.4, -0.2) is 12.9 Å². The summed E-state index contributed by atoms with van der Waals surface area (Å²) in [5.41, 5.74) is 1.13. The minimum absolute atomic E-state index is 0.501. The lowest BCUT2D eigenvalue weighted by atomic mass is 9.96. The van der Waals surface area contributed by atoms with Crippen LogP contribution >= 0.6 is 0 Å². The second-order valence-corrected chi connectivity index (χ2v) is 5.85. The summed E-state index contributed by atoms with van der Waals surface area (Å²) in [5.74, 6) is 0.562. The second kappa shape index (κ2) is 13.5. The van der Waals surface area contributed by atoms with Crippen molar-refractivity contribution in [3.63, 3.8) is 0 Å². The maximum Gasteiger partial charge on any atom is 0.119 e. The Morgan fingerprint density at radius 2 is 1.77 bits per heavy atom. The van der Waals surface area contributed by atoms with Crippen LogP contribution in [-0.2, 0) is 21.2 Å². The molecule has 0 aliphatic rings. The van der Waals surface area contributed by atoms with E-state index in [1.165, 1.54) is 25.7 Å². The lowest BCUT2D eigenvalue weighted by molar-refractivity contribution is -0.311. The van der Waals surface area contributed by atoms with Gasteiger partial charge in [-0.05, 0) is 30.7 Å². The predicted molar refractivity (Wildman–Crippen MR) is 89.3 cm³/mol. The molecule has 22 heavy (non-hydrogen) atoms. The van der Waals surface area contributed by atoms with Crippen LogP contribution in [0.25, 0.3) is 0 Å². The van der Waals surface area contributed by atoms with Gasteiger partial charge in [0.1, 0.15) is 12.9 Å². The van der Waals surface area contributed by atoms with Crippen molar-refractivity contribution in [2.75, 3.05) is 6.61 Å². The van der Waals surface area contributed by atoms with Gasteiger partial charge in [0.25, 0.3) is 0 Å². The number of carbonyl (C=O) groups is 1. The third-order valence-corrected chi connectivity index (χ3v) is 3.86. The van der Waals surface area contributed by atoms with Gasteiger partial charge in [-0.2, -0.15) is 0 Å². The molecule has 0 aliphatic heterocycles. The Bertz CT molecular complexity index is 364. The predicted octanol–water partition coefficient (Wildman–Crippen LogP) is 5.09. The molecule has 0 aromatic heterocycles. The average Bonchev–Trinajstić information content (AvgIpc) is 2.56. The molecule has 1 aromatic carbocycles. The Morgan fingerprint density at radius 3 is 2.50 bits per heavy atom. The van der Waals surface area contributed by atoms with E-state index in [9.17, 15) is 4.79 Å². The largest absolute Gasteiger partial charge is 0.303 e. The molecule has 124 valence electrons. The third-order valence-electron chi connectivity index (χ3n) is 3.86. The van der Waals surface area contributed by atoms with Gasteiger partial charge in [-0.3, -0.25) is 0 Å². The number of hydrogen-bond donors (Lipinski definition) is 0. The fourth-order valence-electron chi connectivity index (χ4n) is 2.47. The van der Waals surface area contributed by atoms with Gasteiger partial charge in [0.05, 0.1) is 6.61 Å². The first-order valence-corrected chi connectivity index (χ1v) is 8.58. The highest BCUT2D eigenvalue weighted by atomic mass is 17.2. The standard InChI is InChI=1S/C19H30O3/c1-2-3-11-18(12-7-4-5-10-15-20)16-21-22-17-19-13-8-6-9-14-19/h6,8-9,13-15,18H,2-5,7,10-12,16-17H2,1H3. The summed E-state index contributed by atoms with van der Waals surface area (Å²) < 4.78 is 0. The molecule has 1 aromatic rings. The van der Waals surface area contributed by atoms with E-state index in [4.69, 9.17) is 9.78 Å². The zero-order valence-electron chi connectivity index (χ0n) is 13.8. The van der Waals surface area contributed by atoms with Crippen LogP contribution in [0.3, 0.4) is 0 Å². The normalized spacial score (nSPS) is 12.2. The number of carbonyl (C=O) groups excluding carboxylic acids is 1. The molecule has 3 heteroatoms. The molecule has 0 amide bonds. The van der Waals surface area contributed by atoms with Gasteiger partial charge in [0.2, 0.25) is 0 Å². The van der Waals surface area contributed by atoms with Crippen molar-refractivity contribution < 1.29 is 14.6 Å². The molecule has 0 spiro atoms. The van der Waals surface area contributed by atoms with Crippen LogP contribution in [0.15, 0.2) is 30.3 Å². The summed E-state index contributed by atoms with van der Waals surface area (Å²) in [4.78, 5) is 21.0. The van der Waals surface area contributed by atoms with Gasteiger partial charge < -0.3 is 4.79 Å². The fourth-order valence-corrected chi connectivity index (χ4v) is 2.47. The van der Waals surface area contributed by atoms with Crippen molar-refractivity contribution in [2.45, 2.75) is 64.9 Å². The van der Waals surface area contributed by atoms with Crippen molar-refractivity contribution in [3.05, 3.63) is 35.9 Å². The quantitative estimate of drug-likeness (QED) is 0.208. The zero-order chi connectivity index (χ0) is 15.9. The molecule has 0 radical (unpaired) electrons. The molecule has 0 saturated heterocycles. The monoisotopic (exact) mass is 306 g/mol. The highest BCUT2D eigenvalue weighted by Crippen LogP contribution is 2.18. The maximum absolute atomic E-state index is 10.3. The van der Waals surface area contributed by atoms with Crippen molar-refractivity contribution in [2.24, 2.45) is 5.92 Å². The number of rotatable bonds is 14. The van der Waals surface area contributed by atoms with Crippen LogP contribution in [0.5, 0.6) is 0 Å². The van der Waals surface area contributed by atoms with Gasteiger partial charge in [0, 0.05) is 6.42 Å². The van der Waals surface area contributed by atoms with Crippen LogP contribution in [0.1, 0.15) is 63.9 Å². The fraction of sp³-hybridized carbons (Fsp3) is 0.632. The first-order valence-electron chi connectivity index (χ1n) is 8.58. The van der Waals surface area contributed by atoms with Gasteiger partial charge in [0.15, 0.2) is 0 Å². The summed E-state index contributed by atoms with van der Waals surface area (Å²) in [7, 11) is 0. The van der Waals surface area contributed by atoms with Gasteiger partial charge in [-0.15, -0.1) is 0 Å². The molecule has 0 aliphatic carbocycles. The van der Waals surface area contributed by atoms with Crippen LogP contribution < -0.4 is 0 Å². The van der Waals surface area contributed by atoms with E-state index in [2.05, 4.69) is 6.92 Å². The summed E-state index contributed by atoms with van der Waals surface area (Å²) in [5, 5.41) is 0. The minimum Gasteiger partial charge on any atom is -0.303 e. The smallest absolute Gasteiger partial charge is 0.119 e. The number of unbranched alkanes of at least 4 members (excludes halogenated alkanes) is 4. The van der Waals surface area contributed by atoms with E-state index in [0.29, 0.717) is 25.6 Å². The lowest BCUT2D eigenvalue weighted by Crippen LogP contribution is -2.10. The van der Waals surface area contributed by atoms with E-state index in [1.807, 2.05) is 30.3 Å². The van der Waals surface area contributed by atoms with Crippen LogP contribution in [0, 0.1) is 5.92 Å². The molecule has 0 bridgehead atoms. The van der Waals surface area contributed by atoms with E-state index in [0.717, 1.165) is 31.1 Å². The Balaban J connectivity index is 2.15. The highest BCUT2D eigenvalue weighted by molar-refractivity contribution is 5.48. The van der Waals surface area contributed by atoms with E-state index < -0.39 is 0 Å². The zero-order valence-corrected chi connectivity index (χ0v) is 13.8. The molecule has 1 rings (SSSR count). The SMILES string of the molecule is CCCCC(CCCCCC=O)COOCc1ccccc1. The van der Waals surface area contributed by atoms with Crippen molar-refractivity contribution in [3.8, 4) is 0 Å². The van der Waals surface area contributed by atoms with E-state index >= 15 is 0 Å². The molecule has 3 nitrogen and oxygen atoms in total. The van der Waals surface area contributed by atoms with Gasteiger partial charge in [-0.25, -0.2) is 9.78 Å². The highest BCUT2D eigenvalue weighted by Gasteiger charge is 2.09. The summed E-state index contributed by atoms with van der Waals surface area (Å²) in [6.07, 6.45) is 9.82. The topological polar surface area (TPSA) is 35.5 Å². The van der Waals surface area contributed by atoms with Crippen LogP contribution in [0.4, 0.5) is 0 Å². The molecule has 0 heterocycles. The molecule has 0 saturated carbocycles. The molecule has 0 N–H and O–H groups in total. The van der Waals surface area contributed by atoms with Gasteiger partial charge in [-0.1, -0.05) is 62.9 Å². The number of aldehydes is 1. The lowest BCUT2D eigenvalue weighted by Gasteiger charge is -2.16. The summed E-state index contributed by atoms with van der Waals surface area (Å²) in [6.45, 7) is 3.38. The van der Waals surface area contributed by atoms with Gasteiger partial charge >= 0.3 is 0 Å². The molecular formula is C19H30O3. The maximum atomic E-state index is 10.3. The summed E-state index contributed by atoms with van der Waals surface area (Å²) >= 11 is 0. The third kappa shape index (κ3) is 9.69. The minimum atomic E-state index is 0.501. The number of benzene rings is 1. The first kappa shape index (κ1) is 18.9. The van der Waals surface area contributed by atoms with E-state index in [1.54, 1.807) is 0 Å². The summed E-state index contributed by atoms with van der Waals surface area (Å²) in [6, 6.07) is 10.1. The molecule has 1 atom stereocenters. The Hall–Kier alpha value is -1.19. The Labute approximate surface area is 134 Å². The number of hydrogen-bond acceptors (Lipinski definition) is 3. The molecule has 1 unspecified atom stereocenters. The van der Waals surface area contributed by atoms with E-state index in [-0.39, 0.29) is 0 Å².